The van der Waals surface area contributed by atoms with Crippen molar-refractivity contribution in [3.8, 4) is 0 Å². The monoisotopic (exact) mass is 395 g/mol. The van der Waals surface area contributed by atoms with Crippen LogP contribution in [0, 0.1) is 11.8 Å². The van der Waals surface area contributed by atoms with E-state index in [1.54, 1.807) is 0 Å². The molecule has 29 heavy (non-hydrogen) atoms. The van der Waals surface area contributed by atoms with Crippen LogP contribution in [0.5, 0.6) is 0 Å². The summed E-state index contributed by atoms with van der Waals surface area (Å²) < 4.78 is 0. The summed E-state index contributed by atoms with van der Waals surface area (Å²) in [5.41, 5.74) is 4.12. The molecule has 1 saturated heterocycles. The summed E-state index contributed by atoms with van der Waals surface area (Å²) >= 11 is 0. The molecule has 1 aliphatic rings. The highest BCUT2D eigenvalue weighted by Gasteiger charge is 2.50. The summed E-state index contributed by atoms with van der Waals surface area (Å²) in [6.45, 7) is 6.47. The van der Waals surface area contributed by atoms with Crippen LogP contribution in [0.25, 0.3) is 0 Å². The van der Waals surface area contributed by atoms with Gasteiger partial charge in [-0.3, -0.25) is 0 Å². The molecule has 2 N–H and O–H groups in total. The molecule has 4 heteroatoms. The molecule has 3 rings (SSSR count). The molecule has 2 aromatic rings. The maximum Gasteiger partial charge on any atom is 0.0732 e. The van der Waals surface area contributed by atoms with Crippen LogP contribution in [0.4, 0.5) is 11.4 Å². The third-order valence-corrected chi connectivity index (χ3v) is 7.04. The van der Waals surface area contributed by atoms with Crippen molar-refractivity contribution in [3.05, 3.63) is 59.7 Å². The highest BCUT2D eigenvalue weighted by molar-refractivity contribution is 5.48. The zero-order chi connectivity index (χ0) is 21.3. The first kappa shape index (κ1) is 21.7. The summed E-state index contributed by atoms with van der Waals surface area (Å²) in [6.07, 6.45) is 0.746. The zero-order valence-corrected chi connectivity index (χ0v) is 19.0. The fourth-order valence-corrected chi connectivity index (χ4v) is 4.85. The van der Waals surface area contributed by atoms with Crippen molar-refractivity contribution in [1.82, 2.24) is 5.32 Å². The number of aliphatic hydroxyl groups is 1. The van der Waals surface area contributed by atoms with Crippen molar-refractivity contribution in [3.63, 3.8) is 0 Å². The van der Waals surface area contributed by atoms with E-state index in [1.165, 1.54) is 22.5 Å². The van der Waals surface area contributed by atoms with Gasteiger partial charge in [-0.1, -0.05) is 45.0 Å². The lowest BCUT2D eigenvalue weighted by molar-refractivity contribution is -0.113. The quantitative estimate of drug-likeness (QED) is 0.775. The number of benzene rings is 2. The van der Waals surface area contributed by atoms with E-state index in [0.717, 1.165) is 6.42 Å². The molecule has 0 aromatic heterocycles. The van der Waals surface area contributed by atoms with E-state index in [0.29, 0.717) is 0 Å². The molecular weight excluding hydrogens is 358 g/mol. The highest BCUT2D eigenvalue weighted by Crippen LogP contribution is 2.48. The minimum absolute atomic E-state index is 0.103. The average Bonchev–Trinajstić information content (AvgIpc) is 2.72. The summed E-state index contributed by atoms with van der Waals surface area (Å²) in [6, 6.07) is 17.6. The third kappa shape index (κ3) is 4.01. The number of nitrogens with one attached hydrogen (secondary N) is 1. The van der Waals surface area contributed by atoms with E-state index >= 15 is 0 Å². The number of hydrogen-bond acceptors (Lipinski definition) is 4. The Balaban J connectivity index is 1.97. The van der Waals surface area contributed by atoms with Gasteiger partial charge in [0.25, 0.3) is 0 Å². The van der Waals surface area contributed by atoms with Gasteiger partial charge in [0.1, 0.15) is 0 Å². The fraction of sp³-hybridized carbons (Fsp3) is 0.520. The van der Waals surface area contributed by atoms with Crippen molar-refractivity contribution in [2.24, 2.45) is 11.8 Å². The second-order valence-corrected chi connectivity index (χ2v) is 9.02. The molecule has 1 fully saturated rings. The van der Waals surface area contributed by atoms with Crippen LogP contribution in [-0.4, -0.2) is 38.9 Å². The lowest BCUT2D eigenvalue weighted by atomic mass is 9.65. The van der Waals surface area contributed by atoms with Crippen LogP contribution >= 0.6 is 0 Å². The molecule has 0 saturated carbocycles. The van der Waals surface area contributed by atoms with Crippen LogP contribution < -0.4 is 15.1 Å². The first-order valence-corrected chi connectivity index (χ1v) is 10.7. The molecule has 4 atom stereocenters. The second-order valence-electron chi connectivity index (χ2n) is 9.02. The maximum atomic E-state index is 11.7. The Kier molecular flexibility index (Phi) is 6.25. The first-order valence-electron chi connectivity index (χ1n) is 10.7. The second kappa shape index (κ2) is 8.37. The first-order chi connectivity index (χ1) is 13.7. The van der Waals surface area contributed by atoms with Gasteiger partial charge in [0.15, 0.2) is 0 Å². The van der Waals surface area contributed by atoms with E-state index in [-0.39, 0.29) is 23.9 Å². The summed E-state index contributed by atoms with van der Waals surface area (Å²) in [7, 11) is 8.23. The normalized spacial score (nSPS) is 29.5. The molecule has 4 unspecified atom stereocenters. The number of piperidine rings is 1. The zero-order valence-electron chi connectivity index (χ0n) is 19.0. The highest BCUT2D eigenvalue weighted by atomic mass is 16.3. The van der Waals surface area contributed by atoms with E-state index in [4.69, 9.17) is 0 Å². The maximum absolute atomic E-state index is 11.7. The van der Waals surface area contributed by atoms with Crippen LogP contribution in [-0.2, 0) is 0 Å². The Morgan fingerprint density at radius 2 is 1.10 bits per heavy atom. The summed E-state index contributed by atoms with van der Waals surface area (Å²) in [4.78, 5) is 4.22. The molecule has 158 valence electrons. The van der Waals surface area contributed by atoms with Gasteiger partial charge >= 0.3 is 0 Å². The number of anilines is 2. The minimum Gasteiger partial charge on any atom is -0.389 e. The van der Waals surface area contributed by atoms with Gasteiger partial charge in [0.2, 0.25) is 0 Å². The van der Waals surface area contributed by atoms with Gasteiger partial charge in [0.05, 0.1) is 5.60 Å². The van der Waals surface area contributed by atoms with Gasteiger partial charge in [-0.15, -0.1) is 0 Å². The van der Waals surface area contributed by atoms with Crippen molar-refractivity contribution in [2.75, 3.05) is 38.0 Å². The Bertz CT molecular complexity index is 734. The third-order valence-electron chi connectivity index (χ3n) is 7.04. The Morgan fingerprint density at radius 1 is 0.759 bits per heavy atom. The molecule has 4 nitrogen and oxygen atoms in total. The topological polar surface area (TPSA) is 38.7 Å². The van der Waals surface area contributed by atoms with Crippen LogP contribution in [0.2, 0.25) is 0 Å². The number of nitrogens with zero attached hydrogens (tertiary/aromatic N) is 2. The molecule has 1 aliphatic heterocycles. The fourth-order valence-electron chi connectivity index (χ4n) is 4.85. The molecule has 0 spiro atoms. The van der Waals surface area contributed by atoms with Crippen molar-refractivity contribution in [2.45, 2.75) is 44.9 Å². The van der Waals surface area contributed by atoms with E-state index in [2.05, 4.69) is 113 Å². The van der Waals surface area contributed by atoms with E-state index in [1.807, 2.05) is 0 Å². The molecule has 1 heterocycles. The van der Waals surface area contributed by atoms with E-state index in [9.17, 15) is 5.11 Å². The Labute approximate surface area is 176 Å². The van der Waals surface area contributed by atoms with Crippen LogP contribution in [0.15, 0.2) is 48.5 Å². The number of rotatable bonds is 5. The van der Waals surface area contributed by atoms with Crippen molar-refractivity contribution >= 4 is 11.4 Å². The summed E-state index contributed by atoms with van der Waals surface area (Å²) in [5.74, 6) is 0.231. The van der Waals surface area contributed by atoms with Crippen molar-refractivity contribution < 1.29 is 5.11 Å². The SMILES string of the molecule is CCC1(O)C(C)C(c2ccc(N(C)C)cc2)NC(c2ccc(N(C)C)cc2)C1C. The Hall–Kier alpha value is -2.04. The number of hydrogen-bond donors (Lipinski definition) is 2. The smallest absolute Gasteiger partial charge is 0.0732 e. The van der Waals surface area contributed by atoms with Crippen molar-refractivity contribution in [1.29, 1.82) is 0 Å². The van der Waals surface area contributed by atoms with Gasteiger partial charge in [-0.05, 0) is 41.8 Å². The van der Waals surface area contributed by atoms with Crippen LogP contribution in [0.1, 0.15) is 50.4 Å². The molecule has 2 aromatic carbocycles. The van der Waals surface area contributed by atoms with E-state index < -0.39 is 5.60 Å². The van der Waals surface area contributed by atoms with Gasteiger partial charge in [-0.25, -0.2) is 0 Å². The average molecular weight is 396 g/mol. The summed E-state index contributed by atoms with van der Waals surface area (Å²) in [5, 5.41) is 15.6. The van der Waals surface area contributed by atoms with Gasteiger partial charge in [-0.2, -0.15) is 0 Å². The molecule has 0 aliphatic carbocycles. The molecule has 0 amide bonds. The predicted molar refractivity (Wildman–Crippen MR) is 124 cm³/mol. The lowest BCUT2D eigenvalue weighted by Crippen LogP contribution is -2.57. The minimum atomic E-state index is -0.721. The Morgan fingerprint density at radius 3 is 1.38 bits per heavy atom. The predicted octanol–water partition coefficient (Wildman–Crippen LogP) is 4.62. The molecule has 0 radical (unpaired) electrons. The lowest BCUT2D eigenvalue weighted by Gasteiger charge is -2.52. The molecular formula is C25H37N3O. The largest absolute Gasteiger partial charge is 0.389 e. The molecule has 0 bridgehead atoms. The standard InChI is InChI=1S/C25H37N3O/c1-8-25(29)17(2)23(19-9-13-21(14-10-19)27(4)5)26-24(18(25)3)20-11-15-22(16-12-20)28(6)7/h9-18,23-24,26,29H,8H2,1-7H3. The van der Waals surface area contributed by atoms with Gasteiger partial charge < -0.3 is 20.2 Å². The van der Waals surface area contributed by atoms with Gasteiger partial charge in [0, 0.05) is 63.5 Å². The van der Waals surface area contributed by atoms with Crippen LogP contribution in [0.3, 0.4) is 0 Å².